The first-order chi connectivity index (χ1) is 10.1. The number of amides is 4. The standard InChI is InChI=1S/C14H15N3O4/c1-21-11-4-2-3-9(5-11)13(19)16-7-10(8-16)17-12(18)6-15-14(17)20/h2-5,10H,6-8H2,1H3,(H,15,20). The van der Waals surface area contributed by atoms with Crippen LogP contribution in [0, 0.1) is 0 Å². The third-order valence-corrected chi connectivity index (χ3v) is 3.71. The zero-order chi connectivity index (χ0) is 15.0. The highest BCUT2D eigenvalue weighted by Gasteiger charge is 2.43. The minimum atomic E-state index is -0.376. The SMILES string of the molecule is COc1cccc(C(=O)N2CC(N3C(=O)CNC3=O)C2)c1. The molecule has 7 nitrogen and oxygen atoms in total. The van der Waals surface area contributed by atoms with Crippen molar-refractivity contribution < 1.29 is 19.1 Å². The summed E-state index contributed by atoms with van der Waals surface area (Å²) in [6.45, 7) is 0.781. The molecule has 0 bridgehead atoms. The van der Waals surface area contributed by atoms with Crippen molar-refractivity contribution >= 4 is 17.8 Å². The van der Waals surface area contributed by atoms with Gasteiger partial charge in [-0.05, 0) is 18.2 Å². The van der Waals surface area contributed by atoms with E-state index in [1.807, 2.05) is 0 Å². The van der Waals surface area contributed by atoms with Crippen molar-refractivity contribution in [3.8, 4) is 5.75 Å². The molecule has 1 aromatic carbocycles. The van der Waals surface area contributed by atoms with Crippen molar-refractivity contribution in [2.45, 2.75) is 6.04 Å². The Hall–Kier alpha value is -2.57. The Labute approximate surface area is 121 Å². The number of benzene rings is 1. The fraction of sp³-hybridized carbons (Fsp3) is 0.357. The van der Waals surface area contributed by atoms with Gasteiger partial charge in [0.2, 0.25) is 5.91 Å². The van der Waals surface area contributed by atoms with Crippen molar-refractivity contribution in [2.75, 3.05) is 26.7 Å². The van der Waals surface area contributed by atoms with Gasteiger partial charge >= 0.3 is 6.03 Å². The molecule has 7 heteroatoms. The number of ether oxygens (including phenoxy) is 1. The predicted octanol–water partition coefficient (Wildman–Crippen LogP) is 0.0714. The highest BCUT2D eigenvalue weighted by atomic mass is 16.5. The quantitative estimate of drug-likeness (QED) is 0.799. The highest BCUT2D eigenvalue weighted by Crippen LogP contribution is 2.21. The zero-order valence-electron chi connectivity index (χ0n) is 11.5. The number of urea groups is 1. The minimum absolute atomic E-state index is 0.0408. The third kappa shape index (κ3) is 2.31. The van der Waals surface area contributed by atoms with E-state index < -0.39 is 0 Å². The molecule has 0 radical (unpaired) electrons. The van der Waals surface area contributed by atoms with Crippen LogP contribution in [0.2, 0.25) is 0 Å². The van der Waals surface area contributed by atoms with Crippen molar-refractivity contribution in [2.24, 2.45) is 0 Å². The molecule has 2 aliphatic heterocycles. The molecule has 2 saturated heterocycles. The van der Waals surface area contributed by atoms with Crippen LogP contribution in [-0.2, 0) is 4.79 Å². The van der Waals surface area contributed by atoms with Crippen LogP contribution in [0.4, 0.5) is 4.79 Å². The van der Waals surface area contributed by atoms with Gasteiger partial charge in [-0.1, -0.05) is 6.07 Å². The van der Waals surface area contributed by atoms with Crippen LogP contribution >= 0.6 is 0 Å². The molecule has 0 atom stereocenters. The van der Waals surface area contributed by atoms with Crippen LogP contribution in [0.25, 0.3) is 0 Å². The van der Waals surface area contributed by atoms with E-state index >= 15 is 0 Å². The molecular weight excluding hydrogens is 274 g/mol. The smallest absolute Gasteiger partial charge is 0.324 e. The number of carbonyl (C=O) groups is 3. The second kappa shape index (κ2) is 5.08. The van der Waals surface area contributed by atoms with E-state index in [4.69, 9.17) is 4.74 Å². The average molecular weight is 289 g/mol. The lowest BCUT2D eigenvalue weighted by Gasteiger charge is -2.42. The molecule has 2 heterocycles. The summed E-state index contributed by atoms with van der Waals surface area (Å²) in [5.41, 5.74) is 0.532. The van der Waals surface area contributed by atoms with Gasteiger partial charge in [0.15, 0.2) is 0 Å². The Morgan fingerprint density at radius 3 is 2.71 bits per heavy atom. The molecule has 2 aliphatic rings. The summed E-state index contributed by atoms with van der Waals surface area (Å²) in [5, 5.41) is 2.48. The predicted molar refractivity (Wildman–Crippen MR) is 72.9 cm³/mol. The molecule has 0 aliphatic carbocycles. The molecule has 4 amide bonds. The van der Waals surface area contributed by atoms with Crippen LogP contribution < -0.4 is 10.1 Å². The maximum atomic E-state index is 12.3. The maximum Gasteiger partial charge on any atom is 0.324 e. The summed E-state index contributed by atoms with van der Waals surface area (Å²) >= 11 is 0. The molecule has 2 fully saturated rings. The van der Waals surface area contributed by atoms with Gasteiger partial charge in [0, 0.05) is 18.7 Å². The fourth-order valence-corrected chi connectivity index (χ4v) is 2.53. The molecule has 3 rings (SSSR count). The lowest BCUT2D eigenvalue weighted by molar-refractivity contribution is -0.128. The number of imide groups is 1. The normalized spacial score (nSPS) is 18.5. The Balaban J connectivity index is 1.64. The lowest BCUT2D eigenvalue weighted by Crippen LogP contribution is -2.62. The molecule has 21 heavy (non-hydrogen) atoms. The van der Waals surface area contributed by atoms with Crippen molar-refractivity contribution in [1.29, 1.82) is 0 Å². The van der Waals surface area contributed by atoms with Gasteiger partial charge in [-0.2, -0.15) is 0 Å². The van der Waals surface area contributed by atoms with Crippen molar-refractivity contribution in [1.82, 2.24) is 15.1 Å². The monoisotopic (exact) mass is 289 g/mol. The van der Waals surface area contributed by atoms with E-state index in [2.05, 4.69) is 5.32 Å². The Morgan fingerprint density at radius 2 is 2.10 bits per heavy atom. The van der Waals surface area contributed by atoms with Gasteiger partial charge in [0.25, 0.3) is 5.91 Å². The molecule has 0 spiro atoms. The maximum absolute atomic E-state index is 12.3. The molecule has 1 aromatic rings. The second-order valence-corrected chi connectivity index (χ2v) is 5.02. The van der Waals surface area contributed by atoms with Crippen LogP contribution in [-0.4, -0.2) is 60.4 Å². The van der Waals surface area contributed by atoms with E-state index in [1.54, 1.807) is 36.3 Å². The van der Waals surface area contributed by atoms with Gasteiger partial charge in [0.05, 0.1) is 19.7 Å². The van der Waals surface area contributed by atoms with Gasteiger partial charge in [0.1, 0.15) is 5.75 Å². The van der Waals surface area contributed by atoms with Crippen LogP contribution in [0.5, 0.6) is 5.75 Å². The van der Waals surface area contributed by atoms with Crippen LogP contribution in [0.1, 0.15) is 10.4 Å². The summed E-state index contributed by atoms with van der Waals surface area (Å²) in [6, 6.07) is 6.30. The topological polar surface area (TPSA) is 79.0 Å². The molecule has 1 N–H and O–H groups in total. The number of nitrogens with one attached hydrogen (secondary N) is 1. The number of rotatable bonds is 3. The van der Waals surface area contributed by atoms with Crippen LogP contribution in [0.15, 0.2) is 24.3 Å². The molecule has 0 unspecified atom stereocenters. The Kier molecular flexibility index (Phi) is 3.25. The highest BCUT2D eigenvalue weighted by molar-refractivity contribution is 6.03. The van der Waals surface area contributed by atoms with Gasteiger partial charge in [-0.15, -0.1) is 0 Å². The van der Waals surface area contributed by atoms with Crippen molar-refractivity contribution in [3.05, 3.63) is 29.8 Å². The van der Waals surface area contributed by atoms with Crippen molar-refractivity contribution in [3.63, 3.8) is 0 Å². The summed E-state index contributed by atoms with van der Waals surface area (Å²) < 4.78 is 5.09. The average Bonchev–Trinajstić information content (AvgIpc) is 2.78. The summed E-state index contributed by atoms with van der Waals surface area (Å²) in [4.78, 5) is 38.2. The van der Waals surface area contributed by atoms with E-state index in [-0.39, 0.29) is 30.4 Å². The fourth-order valence-electron chi connectivity index (χ4n) is 2.53. The molecular formula is C14H15N3O4. The lowest BCUT2D eigenvalue weighted by atomic mass is 10.0. The minimum Gasteiger partial charge on any atom is -0.497 e. The van der Waals surface area contributed by atoms with E-state index in [0.29, 0.717) is 24.4 Å². The van der Waals surface area contributed by atoms with Gasteiger partial charge < -0.3 is 15.0 Å². The van der Waals surface area contributed by atoms with E-state index in [9.17, 15) is 14.4 Å². The number of nitrogens with zero attached hydrogens (tertiary/aromatic N) is 2. The van der Waals surface area contributed by atoms with E-state index in [1.165, 1.54) is 4.90 Å². The van der Waals surface area contributed by atoms with E-state index in [0.717, 1.165) is 0 Å². The number of likely N-dealkylation sites (tertiary alicyclic amines) is 1. The molecule has 0 saturated carbocycles. The second-order valence-electron chi connectivity index (χ2n) is 5.02. The van der Waals surface area contributed by atoms with Gasteiger partial charge in [-0.25, -0.2) is 4.79 Å². The zero-order valence-corrected chi connectivity index (χ0v) is 11.5. The Morgan fingerprint density at radius 1 is 1.33 bits per heavy atom. The first-order valence-corrected chi connectivity index (χ1v) is 6.63. The summed E-state index contributed by atoms with van der Waals surface area (Å²) in [6.07, 6.45) is 0. The summed E-state index contributed by atoms with van der Waals surface area (Å²) in [7, 11) is 1.54. The first kappa shape index (κ1) is 13.4. The first-order valence-electron chi connectivity index (χ1n) is 6.63. The number of hydrogen-bond donors (Lipinski definition) is 1. The summed E-state index contributed by atoms with van der Waals surface area (Å²) in [5.74, 6) is 0.253. The largest absolute Gasteiger partial charge is 0.497 e. The number of carbonyl (C=O) groups excluding carboxylic acids is 3. The van der Waals surface area contributed by atoms with Crippen LogP contribution in [0.3, 0.4) is 0 Å². The third-order valence-electron chi connectivity index (χ3n) is 3.71. The molecule has 110 valence electrons. The van der Waals surface area contributed by atoms with Gasteiger partial charge in [-0.3, -0.25) is 14.5 Å². The number of methoxy groups -OCH3 is 1. The number of hydrogen-bond acceptors (Lipinski definition) is 4. The molecule has 0 aromatic heterocycles. The Bertz CT molecular complexity index is 594.